The summed E-state index contributed by atoms with van der Waals surface area (Å²) in [4.78, 5) is 12.9. The molecule has 0 aliphatic rings. The Bertz CT molecular complexity index is 428. The second kappa shape index (κ2) is 8.82. The van der Waals surface area contributed by atoms with Gasteiger partial charge in [0, 0.05) is 12.8 Å². The summed E-state index contributed by atoms with van der Waals surface area (Å²) in [5.74, 6) is 0.356. The van der Waals surface area contributed by atoms with Crippen LogP contribution in [0.2, 0.25) is 0 Å². The van der Waals surface area contributed by atoms with E-state index >= 15 is 0 Å². The molecule has 0 aliphatic carbocycles. The van der Waals surface area contributed by atoms with Gasteiger partial charge in [-0.2, -0.15) is 0 Å². The van der Waals surface area contributed by atoms with Gasteiger partial charge in [-0.05, 0) is 40.0 Å². The predicted molar refractivity (Wildman–Crippen MR) is 102 cm³/mol. The molecule has 0 heterocycles. The standard InChI is InChI=1S/C20H34OP/c1-7-16(4)22(17(5)8-2,18(6)9-3)15-20(21)19-13-11-10-12-14-19/h10-14,16-18H,7-9,15H2,1-6H3/q+1. The number of rotatable bonds is 9. The molecule has 0 fully saturated rings. The number of benzene rings is 1. The summed E-state index contributed by atoms with van der Waals surface area (Å²) < 4.78 is 0. The Morgan fingerprint density at radius 2 is 1.27 bits per heavy atom. The fraction of sp³-hybridized carbons (Fsp3) is 0.650. The molecule has 0 radical (unpaired) electrons. The van der Waals surface area contributed by atoms with Crippen molar-refractivity contribution in [1.82, 2.24) is 0 Å². The van der Waals surface area contributed by atoms with E-state index in [1.807, 2.05) is 30.3 Å². The van der Waals surface area contributed by atoms with Gasteiger partial charge in [0.05, 0.1) is 17.0 Å². The van der Waals surface area contributed by atoms with Crippen molar-refractivity contribution in [2.24, 2.45) is 0 Å². The molecular weight excluding hydrogens is 287 g/mol. The first-order valence-electron chi connectivity index (χ1n) is 8.89. The van der Waals surface area contributed by atoms with Crippen LogP contribution in [0.25, 0.3) is 0 Å². The van der Waals surface area contributed by atoms with E-state index < -0.39 is 7.26 Å². The third kappa shape index (κ3) is 3.99. The summed E-state index contributed by atoms with van der Waals surface area (Å²) in [5, 5.41) is 0. The average Bonchev–Trinajstić information content (AvgIpc) is 2.57. The normalized spacial score (nSPS) is 18.3. The van der Waals surface area contributed by atoms with Crippen molar-refractivity contribution >= 4 is 13.0 Å². The molecule has 0 aromatic heterocycles. The zero-order chi connectivity index (χ0) is 16.8. The van der Waals surface area contributed by atoms with Crippen molar-refractivity contribution in [3.8, 4) is 0 Å². The van der Waals surface area contributed by atoms with Crippen molar-refractivity contribution in [2.75, 3.05) is 6.16 Å². The highest BCUT2D eigenvalue weighted by Gasteiger charge is 2.51. The van der Waals surface area contributed by atoms with Crippen LogP contribution in [0, 0.1) is 0 Å². The molecule has 0 N–H and O–H groups in total. The van der Waals surface area contributed by atoms with Crippen LogP contribution in [0.4, 0.5) is 0 Å². The predicted octanol–water partition coefficient (Wildman–Crippen LogP) is 6.28. The maximum atomic E-state index is 12.9. The van der Waals surface area contributed by atoms with Crippen LogP contribution in [0.1, 0.15) is 71.2 Å². The highest BCUT2D eigenvalue weighted by Crippen LogP contribution is 2.72. The number of carbonyl (C=O) groups is 1. The monoisotopic (exact) mass is 321 g/mol. The molecule has 1 nitrogen and oxygen atoms in total. The number of hydrogen-bond acceptors (Lipinski definition) is 1. The summed E-state index contributed by atoms with van der Waals surface area (Å²) in [5.41, 5.74) is 2.90. The maximum absolute atomic E-state index is 12.9. The van der Waals surface area contributed by atoms with Crippen molar-refractivity contribution < 1.29 is 4.79 Å². The number of Topliss-reactive ketones (excluding diaryl/α,β-unsaturated/α-hetero) is 1. The number of carbonyl (C=O) groups excluding carboxylic acids is 1. The van der Waals surface area contributed by atoms with Crippen LogP contribution in [-0.4, -0.2) is 28.9 Å². The minimum absolute atomic E-state index is 0.356. The molecule has 22 heavy (non-hydrogen) atoms. The second-order valence-electron chi connectivity index (χ2n) is 6.71. The van der Waals surface area contributed by atoms with Crippen molar-refractivity contribution in [3.63, 3.8) is 0 Å². The molecule has 124 valence electrons. The molecule has 0 saturated heterocycles. The molecule has 0 aliphatic heterocycles. The second-order valence-corrected chi connectivity index (χ2v) is 11.7. The minimum atomic E-state index is -1.34. The molecule has 0 amide bonds. The van der Waals surface area contributed by atoms with Crippen molar-refractivity contribution in [1.29, 1.82) is 0 Å². The van der Waals surface area contributed by atoms with Crippen LogP contribution in [-0.2, 0) is 0 Å². The zero-order valence-corrected chi connectivity index (χ0v) is 16.2. The lowest BCUT2D eigenvalue weighted by Crippen LogP contribution is -2.32. The van der Waals surface area contributed by atoms with Gasteiger partial charge in [0.1, 0.15) is 6.16 Å². The van der Waals surface area contributed by atoms with E-state index in [4.69, 9.17) is 0 Å². The molecular formula is C20H34OP+. The highest BCUT2D eigenvalue weighted by molar-refractivity contribution is 7.78. The SMILES string of the molecule is CCC(C)[P+](CC(=O)c1ccccc1)(C(C)CC)C(C)CC. The van der Waals surface area contributed by atoms with Crippen LogP contribution in [0.3, 0.4) is 0 Å². The van der Waals surface area contributed by atoms with Gasteiger partial charge in [0.15, 0.2) is 5.78 Å². The Morgan fingerprint density at radius 3 is 1.64 bits per heavy atom. The summed E-state index contributed by atoms with van der Waals surface area (Å²) in [7, 11) is -1.34. The van der Waals surface area contributed by atoms with E-state index in [1.165, 1.54) is 19.3 Å². The Labute approximate surface area is 138 Å². The molecule has 1 aromatic rings. The third-order valence-electron chi connectivity index (χ3n) is 5.75. The molecule has 3 unspecified atom stereocenters. The van der Waals surface area contributed by atoms with E-state index in [0.29, 0.717) is 22.8 Å². The highest BCUT2D eigenvalue weighted by atomic mass is 31.2. The van der Waals surface area contributed by atoms with E-state index in [0.717, 1.165) is 11.7 Å². The lowest BCUT2D eigenvalue weighted by molar-refractivity contribution is 0.102. The lowest BCUT2D eigenvalue weighted by Gasteiger charge is -2.41. The Kier molecular flexibility index (Phi) is 7.77. The average molecular weight is 321 g/mol. The summed E-state index contributed by atoms with van der Waals surface area (Å²) in [6.07, 6.45) is 4.34. The van der Waals surface area contributed by atoms with Gasteiger partial charge < -0.3 is 0 Å². The van der Waals surface area contributed by atoms with Gasteiger partial charge in [0.2, 0.25) is 0 Å². The Balaban J connectivity index is 3.21. The summed E-state index contributed by atoms with van der Waals surface area (Å²) in [6.45, 7) is 14.0. The fourth-order valence-electron chi connectivity index (χ4n) is 3.75. The van der Waals surface area contributed by atoms with Gasteiger partial charge in [0.25, 0.3) is 0 Å². The molecule has 2 heteroatoms. The maximum Gasteiger partial charge on any atom is 0.199 e. The van der Waals surface area contributed by atoms with E-state index in [2.05, 4.69) is 41.5 Å². The zero-order valence-electron chi connectivity index (χ0n) is 15.3. The lowest BCUT2D eigenvalue weighted by atomic mass is 10.2. The first-order valence-corrected chi connectivity index (χ1v) is 11.1. The Hall–Kier alpha value is -0.680. The van der Waals surface area contributed by atoms with E-state index in [-0.39, 0.29) is 0 Å². The quantitative estimate of drug-likeness (QED) is 0.386. The van der Waals surface area contributed by atoms with Gasteiger partial charge >= 0.3 is 0 Å². The minimum Gasteiger partial charge on any atom is -0.290 e. The largest absolute Gasteiger partial charge is 0.290 e. The van der Waals surface area contributed by atoms with Gasteiger partial charge in [-0.15, -0.1) is 0 Å². The number of ketones is 1. The van der Waals surface area contributed by atoms with Crippen molar-refractivity contribution in [2.45, 2.75) is 77.8 Å². The molecule has 1 rings (SSSR count). The molecule has 3 atom stereocenters. The third-order valence-corrected chi connectivity index (χ3v) is 12.6. The van der Waals surface area contributed by atoms with Crippen LogP contribution >= 0.6 is 7.26 Å². The smallest absolute Gasteiger partial charge is 0.199 e. The molecule has 1 aromatic carbocycles. The molecule has 0 spiro atoms. The van der Waals surface area contributed by atoms with Crippen LogP contribution < -0.4 is 0 Å². The van der Waals surface area contributed by atoms with Crippen LogP contribution in [0.15, 0.2) is 30.3 Å². The fourth-order valence-corrected chi connectivity index (χ4v) is 10.0. The number of hydrogen-bond donors (Lipinski definition) is 0. The summed E-state index contributed by atoms with van der Waals surface area (Å²) >= 11 is 0. The van der Waals surface area contributed by atoms with E-state index in [1.54, 1.807) is 0 Å². The molecule has 0 bridgehead atoms. The summed E-state index contributed by atoms with van der Waals surface area (Å²) in [6, 6.07) is 9.88. The molecule has 0 saturated carbocycles. The van der Waals surface area contributed by atoms with Gasteiger partial charge in [-0.25, -0.2) is 0 Å². The first-order chi connectivity index (χ1) is 10.4. The van der Waals surface area contributed by atoms with Crippen LogP contribution in [0.5, 0.6) is 0 Å². The Morgan fingerprint density at radius 1 is 0.864 bits per heavy atom. The van der Waals surface area contributed by atoms with Crippen molar-refractivity contribution in [3.05, 3.63) is 35.9 Å². The van der Waals surface area contributed by atoms with E-state index in [9.17, 15) is 4.79 Å². The topological polar surface area (TPSA) is 17.1 Å². The first kappa shape index (κ1) is 19.4. The van der Waals surface area contributed by atoms with Gasteiger partial charge in [-0.3, -0.25) is 4.79 Å². The van der Waals surface area contributed by atoms with Gasteiger partial charge in [-0.1, -0.05) is 51.1 Å².